The Labute approximate surface area is 100 Å². The van der Waals surface area contributed by atoms with Crippen molar-refractivity contribution in [2.75, 3.05) is 12.3 Å². The molecule has 1 rings (SSSR count). The van der Waals surface area contributed by atoms with Crippen LogP contribution >= 0.6 is 0 Å². The van der Waals surface area contributed by atoms with Crippen molar-refractivity contribution < 1.29 is 13.2 Å². The zero-order valence-electron chi connectivity index (χ0n) is 9.51. The summed E-state index contributed by atoms with van der Waals surface area (Å²) in [5.41, 5.74) is 0.721. The van der Waals surface area contributed by atoms with Crippen LogP contribution in [0.25, 0.3) is 0 Å². The largest absolute Gasteiger partial charge is 0.349 e. The highest BCUT2D eigenvalue weighted by Gasteiger charge is 2.09. The first kappa shape index (κ1) is 13.6. The second-order valence-corrected chi connectivity index (χ2v) is 5.42. The molecule has 7 heteroatoms. The number of nitrogens with zero attached hydrogens (tertiary/aromatic N) is 1. The van der Waals surface area contributed by atoms with Crippen LogP contribution in [0.3, 0.4) is 0 Å². The Morgan fingerprint density at radius 1 is 1.41 bits per heavy atom. The van der Waals surface area contributed by atoms with Gasteiger partial charge in [-0.05, 0) is 19.1 Å². The van der Waals surface area contributed by atoms with E-state index in [1.54, 1.807) is 18.3 Å². The molecule has 0 fully saturated rings. The van der Waals surface area contributed by atoms with Crippen molar-refractivity contribution in [3.8, 4) is 0 Å². The Hall–Kier alpha value is -1.47. The van der Waals surface area contributed by atoms with Crippen LogP contribution < -0.4 is 10.0 Å². The van der Waals surface area contributed by atoms with E-state index in [1.165, 1.54) is 6.92 Å². The molecule has 0 spiro atoms. The van der Waals surface area contributed by atoms with Gasteiger partial charge in [0.2, 0.25) is 15.9 Å². The van der Waals surface area contributed by atoms with Gasteiger partial charge in [0.1, 0.15) is 0 Å². The van der Waals surface area contributed by atoms with Crippen molar-refractivity contribution in [2.24, 2.45) is 0 Å². The zero-order chi connectivity index (χ0) is 12.7. The van der Waals surface area contributed by atoms with Gasteiger partial charge < -0.3 is 5.32 Å². The molecule has 0 saturated heterocycles. The molecule has 6 nitrogen and oxygen atoms in total. The second kappa shape index (κ2) is 6.31. The van der Waals surface area contributed by atoms with Crippen molar-refractivity contribution in [1.29, 1.82) is 0 Å². The molecule has 0 unspecified atom stereocenters. The Balaban J connectivity index is 2.32. The smallest absolute Gasteiger partial charge is 0.235 e. The first-order valence-electron chi connectivity index (χ1n) is 5.17. The lowest BCUT2D eigenvalue weighted by Gasteiger charge is -2.05. The predicted molar refractivity (Wildman–Crippen MR) is 63.5 cm³/mol. The standard InChI is InChI=1S/C10H15N3O3S/c1-2-17(15,16)13-8-10(14)12-7-9-5-3-4-6-11-9/h3-6,13H,2,7-8H2,1H3,(H,12,14). The number of sulfonamides is 1. The van der Waals surface area contributed by atoms with Crippen LogP contribution in [0.1, 0.15) is 12.6 Å². The van der Waals surface area contributed by atoms with Gasteiger partial charge in [0.05, 0.1) is 24.5 Å². The normalized spacial score (nSPS) is 11.1. The number of pyridine rings is 1. The SMILES string of the molecule is CCS(=O)(=O)NCC(=O)NCc1ccccn1. The first-order valence-corrected chi connectivity index (χ1v) is 6.82. The lowest BCUT2D eigenvalue weighted by Crippen LogP contribution is -2.37. The number of rotatable bonds is 6. The fraction of sp³-hybridized carbons (Fsp3) is 0.400. The third-order valence-corrected chi connectivity index (χ3v) is 3.37. The van der Waals surface area contributed by atoms with E-state index in [-0.39, 0.29) is 24.7 Å². The van der Waals surface area contributed by atoms with Gasteiger partial charge in [0.15, 0.2) is 0 Å². The number of carbonyl (C=O) groups excluding carboxylic acids is 1. The molecule has 2 N–H and O–H groups in total. The van der Waals surface area contributed by atoms with Crippen LogP contribution in [-0.4, -0.2) is 31.6 Å². The maximum atomic E-state index is 11.3. The van der Waals surface area contributed by atoms with Gasteiger partial charge in [-0.2, -0.15) is 0 Å². The van der Waals surface area contributed by atoms with Gasteiger partial charge in [-0.25, -0.2) is 13.1 Å². The molecule has 0 saturated carbocycles. The van der Waals surface area contributed by atoms with E-state index in [1.807, 2.05) is 6.07 Å². The van der Waals surface area contributed by atoms with Crippen LogP contribution in [0, 0.1) is 0 Å². The molecule has 94 valence electrons. The van der Waals surface area contributed by atoms with Crippen molar-refractivity contribution >= 4 is 15.9 Å². The third kappa shape index (κ3) is 5.41. The predicted octanol–water partition coefficient (Wildman–Crippen LogP) is -0.363. The Morgan fingerprint density at radius 2 is 2.18 bits per heavy atom. The van der Waals surface area contributed by atoms with Crippen LogP contribution in [0.5, 0.6) is 0 Å². The average molecular weight is 257 g/mol. The number of hydrogen-bond acceptors (Lipinski definition) is 4. The highest BCUT2D eigenvalue weighted by Crippen LogP contribution is 1.91. The summed E-state index contributed by atoms with van der Waals surface area (Å²) in [5.74, 6) is -0.423. The van der Waals surface area contributed by atoms with Crippen molar-refractivity contribution in [3.63, 3.8) is 0 Å². The summed E-state index contributed by atoms with van der Waals surface area (Å²) in [6.07, 6.45) is 1.63. The fourth-order valence-electron chi connectivity index (χ4n) is 1.03. The first-order chi connectivity index (χ1) is 8.03. The summed E-state index contributed by atoms with van der Waals surface area (Å²) in [7, 11) is -3.32. The van der Waals surface area contributed by atoms with E-state index in [0.717, 1.165) is 5.69 Å². The maximum Gasteiger partial charge on any atom is 0.235 e. The van der Waals surface area contributed by atoms with Gasteiger partial charge in [0.25, 0.3) is 0 Å². The van der Waals surface area contributed by atoms with Crippen molar-refractivity contribution in [1.82, 2.24) is 15.0 Å². The van der Waals surface area contributed by atoms with Crippen LogP contribution in [0.2, 0.25) is 0 Å². The van der Waals surface area contributed by atoms with E-state index in [2.05, 4.69) is 15.0 Å². The Kier molecular flexibility index (Phi) is 5.05. The highest BCUT2D eigenvalue weighted by molar-refractivity contribution is 7.89. The molecular weight excluding hydrogens is 242 g/mol. The van der Waals surface area contributed by atoms with Gasteiger partial charge in [-0.1, -0.05) is 6.07 Å². The summed E-state index contributed by atoms with van der Waals surface area (Å²) in [4.78, 5) is 15.3. The lowest BCUT2D eigenvalue weighted by molar-refractivity contribution is -0.120. The molecule has 0 aromatic carbocycles. The monoisotopic (exact) mass is 257 g/mol. The molecule has 0 aliphatic heterocycles. The molecular formula is C10H15N3O3S. The van der Waals surface area contributed by atoms with Gasteiger partial charge in [-0.3, -0.25) is 9.78 Å². The third-order valence-electron chi connectivity index (χ3n) is 2.03. The molecule has 17 heavy (non-hydrogen) atoms. The fourth-order valence-corrected chi connectivity index (χ4v) is 1.59. The van der Waals surface area contributed by atoms with Crippen LogP contribution in [0.4, 0.5) is 0 Å². The van der Waals surface area contributed by atoms with E-state index in [0.29, 0.717) is 0 Å². The molecule has 0 aliphatic carbocycles. The zero-order valence-corrected chi connectivity index (χ0v) is 10.3. The van der Waals surface area contributed by atoms with E-state index in [4.69, 9.17) is 0 Å². The number of aromatic nitrogens is 1. The average Bonchev–Trinajstić information content (AvgIpc) is 2.35. The van der Waals surface area contributed by atoms with E-state index in [9.17, 15) is 13.2 Å². The molecule has 0 atom stereocenters. The number of carbonyl (C=O) groups is 1. The maximum absolute atomic E-state index is 11.3. The van der Waals surface area contributed by atoms with Crippen LogP contribution in [0.15, 0.2) is 24.4 Å². The molecule has 1 amide bonds. The van der Waals surface area contributed by atoms with Gasteiger partial charge >= 0.3 is 0 Å². The molecule has 0 aliphatic rings. The summed E-state index contributed by atoms with van der Waals surface area (Å²) >= 11 is 0. The summed E-state index contributed by atoms with van der Waals surface area (Å²) in [5, 5.41) is 2.57. The van der Waals surface area contributed by atoms with E-state index < -0.39 is 10.0 Å². The minimum absolute atomic E-state index is 0.0411. The molecule has 0 bridgehead atoms. The topological polar surface area (TPSA) is 88.2 Å². The Bertz CT molecular complexity index is 459. The number of amides is 1. The van der Waals surface area contributed by atoms with Gasteiger partial charge in [-0.15, -0.1) is 0 Å². The minimum Gasteiger partial charge on any atom is -0.349 e. The molecule has 0 radical (unpaired) electrons. The quantitative estimate of drug-likeness (QED) is 0.728. The van der Waals surface area contributed by atoms with E-state index >= 15 is 0 Å². The summed E-state index contributed by atoms with van der Waals surface area (Å²) in [6.45, 7) is 1.55. The molecule has 1 aromatic heterocycles. The summed E-state index contributed by atoms with van der Waals surface area (Å²) in [6, 6.07) is 5.37. The van der Waals surface area contributed by atoms with Crippen molar-refractivity contribution in [3.05, 3.63) is 30.1 Å². The van der Waals surface area contributed by atoms with Crippen LogP contribution in [-0.2, 0) is 21.4 Å². The highest BCUT2D eigenvalue weighted by atomic mass is 32.2. The molecule has 1 heterocycles. The Morgan fingerprint density at radius 3 is 2.76 bits per heavy atom. The molecule has 1 aromatic rings. The van der Waals surface area contributed by atoms with Crippen molar-refractivity contribution in [2.45, 2.75) is 13.5 Å². The number of hydrogen-bond donors (Lipinski definition) is 2. The second-order valence-electron chi connectivity index (χ2n) is 3.32. The summed E-state index contributed by atoms with van der Waals surface area (Å²) < 4.78 is 24.3. The minimum atomic E-state index is -3.32. The number of nitrogens with one attached hydrogen (secondary N) is 2. The lowest BCUT2D eigenvalue weighted by atomic mass is 10.3. The van der Waals surface area contributed by atoms with Gasteiger partial charge in [0, 0.05) is 6.20 Å².